The monoisotopic (exact) mass is 688 g/mol. The van der Waals surface area contributed by atoms with Gasteiger partial charge >= 0.3 is 16.3 Å². The Morgan fingerprint density at radius 2 is 1.72 bits per heavy atom. The highest BCUT2D eigenvalue weighted by Crippen LogP contribution is 2.52. The lowest BCUT2D eigenvalue weighted by atomic mass is 10.1. The minimum atomic E-state index is -4.33. The molecule has 1 aliphatic carbocycles. The van der Waals surface area contributed by atoms with Crippen molar-refractivity contribution in [1.82, 2.24) is 13.9 Å². The number of anilines is 1. The first-order valence-electron chi connectivity index (χ1n) is 15.4. The lowest BCUT2D eigenvalue weighted by molar-refractivity contribution is -0.117. The molecule has 0 bridgehead atoms. The fourth-order valence-electron chi connectivity index (χ4n) is 6.32. The number of piperidine rings is 2. The van der Waals surface area contributed by atoms with Gasteiger partial charge in [0.05, 0.1) is 10.8 Å². The first-order valence-corrected chi connectivity index (χ1v) is 18.4. The first kappa shape index (κ1) is 33.0. The largest absolute Gasteiger partial charge is 0.487 e. The highest BCUT2D eigenvalue weighted by molar-refractivity contribution is 7.92. The van der Waals surface area contributed by atoms with Gasteiger partial charge in [0.1, 0.15) is 30.2 Å². The number of benzene rings is 2. The van der Waals surface area contributed by atoms with Crippen molar-refractivity contribution in [2.24, 2.45) is 17.8 Å². The summed E-state index contributed by atoms with van der Waals surface area (Å²) in [5.74, 6) is 4.00. The molecule has 1 saturated carbocycles. The van der Waals surface area contributed by atoms with Crippen LogP contribution < -0.4 is 13.8 Å². The lowest BCUT2D eigenvalue weighted by Crippen LogP contribution is -2.48. The van der Waals surface area contributed by atoms with E-state index in [0.717, 1.165) is 5.56 Å². The third-order valence-corrected chi connectivity index (χ3v) is 12.5. The Morgan fingerprint density at radius 3 is 2.32 bits per heavy atom. The van der Waals surface area contributed by atoms with Crippen LogP contribution in [0, 0.1) is 35.4 Å². The normalized spacial score (nSPS) is 24.3. The molecule has 47 heavy (non-hydrogen) atoms. The maximum Gasteiger partial charge on any atom is 0.410 e. The molecular formula is C32H37FN4O8S2. The molecule has 2 aromatic carbocycles. The summed E-state index contributed by atoms with van der Waals surface area (Å²) in [6.45, 7) is 6.04. The number of nitrogens with one attached hydrogen (secondary N) is 1. The fraction of sp³-hybridized carbons (Fsp3) is 0.500. The van der Waals surface area contributed by atoms with Crippen LogP contribution in [-0.4, -0.2) is 81.6 Å². The maximum absolute atomic E-state index is 16.0. The third-order valence-electron chi connectivity index (χ3n) is 8.79. The Morgan fingerprint density at radius 1 is 1.06 bits per heavy atom. The van der Waals surface area contributed by atoms with Crippen molar-refractivity contribution in [2.75, 3.05) is 37.0 Å². The van der Waals surface area contributed by atoms with Crippen molar-refractivity contribution in [1.29, 1.82) is 0 Å². The number of rotatable bonds is 6. The molecule has 6 rings (SSSR count). The van der Waals surface area contributed by atoms with E-state index in [1.54, 1.807) is 25.7 Å². The fourth-order valence-corrected chi connectivity index (χ4v) is 9.47. The van der Waals surface area contributed by atoms with Gasteiger partial charge in [-0.25, -0.2) is 30.9 Å². The minimum absolute atomic E-state index is 0.0101. The molecule has 4 aliphatic rings. The lowest BCUT2D eigenvalue weighted by Gasteiger charge is -2.34. The Kier molecular flexibility index (Phi) is 8.65. The van der Waals surface area contributed by atoms with Crippen molar-refractivity contribution in [3.63, 3.8) is 0 Å². The van der Waals surface area contributed by atoms with Crippen molar-refractivity contribution >= 4 is 37.9 Å². The van der Waals surface area contributed by atoms with Crippen LogP contribution in [0.15, 0.2) is 42.5 Å². The molecule has 0 spiro atoms. The minimum Gasteiger partial charge on any atom is -0.487 e. The number of carbonyl (C=O) groups is 2. The van der Waals surface area contributed by atoms with Gasteiger partial charge in [-0.1, -0.05) is 42.2 Å². The van der Waals surface area contributed by atoms with Gasteiger partial charge in [-0.05, 0) is 63.1 Å². The predicted octanol–water partition coefficient (Wildman–Crippen LogP) is 2.84. The van der Waals surface area contributed by atoms with Gasteiger partial charge in [0.25, 0.3) is 5.91 Å². The number of amides is 2. The van der Waals surface area contributed by atoms with E-state index in [1.165, 1.54) is 16.4 Å². The van der Waals surface area contributed by atoms with E-state index in [0.29, 0.717) is 43.3 Å². The zero-order valence-electron chi connectivity index (χ0n) is 26.3. The molecule has 2 amide bonds. The van der Waals surface area contributed by atoms with Crippen LogP contribution in [0.5, 0.6) is 5.75 Å². The Bertz CT molecular complexity index is 1830. The van der Waals surface area contributed by atoms with Gasteiger partial charge in [0, 0.05) is 32.1 Å². The summed E-state index contributed by atoms with van der Waals surface area (Å²) in [5.41, 5.74) is -0.314. The summed E-state index contributed by atoms with van der Waals surface area (Å²) in [4.78, 5) is 25.9. The maximum atomic E-state index is 16.0. The number of likely N-dealkylation sites (tertiary alicyclic amines) is 1. The molecule has 3 heterocycles. The summed E-state index contributed by atoms with van der Waals surface area (Å²) in [5, 5.41) is -0.582. The Labute approximate surface area is 274 Å². The van der Waals surface area contributed by atoms with Crippen LogP contribution in [0.3, 0.4) is 0 Å². The number of ether oxygens (including phenoxy) is 2. The SMILES string of the molecule is CC(C)(C)OC(=O)N1CCC(S(=O)(=O)N2C[C@@H]3C(C#Cc4ccc(OCc5ccccc5)c(N5CC(=O)NS5(=O)=O)c4F)[C@@H]3C2)CC1. The summed E-state index contributed by atoms with van der Waals surface area (Å²) >= 11 is 0. The van der Waals surface area contributed by atoms with Gasteiger partial charge in [-0.2, -0.15) is 8.42 Å². The Balaban J connectivity index is 1.12. The highest BCUT2D eigenvalue weighted by atomic mass is 32.2. The molecule has 2 aromatic rings. The second kappa shape index (κ2) is 12.3. The first-order chi connectivity index (χ1) is 22.1. The molecule has 0 radical (unpaired) electrons. The van der Waals surface area contributed by atoms with Crippen LogP contribution in [-0.2, 0) is 36.4 Å². The average molecular weight is 689 g/mol. The zero-order valence-corrected chi connectivity index (χ0v) is 27.9. The number of carbonyl (C=O) groups excluding carboxylic acids is 2. The van der Waals surface area contributed by atoms with E-state index in [4.69, 9.17) is 9.47 Å². The molecule has 3 saturated heterocycles. The molecule has 1 unspecified atom stereocenters. The number of fused-ring (bicyclic) bond motifs is 1. The van der Waals surface area contributed by atoms with E-state index in [1.807, 2.05) is 35.1 Å². The second-order valence-corrected chi connectivity index (χ2v) is 17.0. The van der Waals surface area contributed by atoms with Gasteiger partial charge < -0.3 is 14.4 Å². The van der Waals surface area contributed by atoms with Crippen LogP contribution in [0.4, 0.5) is 14.9 Å². The molecule has 3 atom stereocenters. The van der Waals surface area contributed by atoms with Crippen LogP contribution in [0.1, 0.15) is 44.7 Å². The highest BCUT2D eigenvalue weighted by Gasteiger charge is 2.58. The zero-order chi connectivity index (χ0) is 33.7. The smallest absolute Gasteiger partial charge is 0.410 e. The van der Waals surface area contributed by atoms with Crippen molar-refractivity contribution in [2.45, 2.75) is 51.1 Å². The number of halogens is 1. The molecule has 12 nitrogen and oxygen atoms in total. The average Bonchev–Trinajstić information content (AvgIpc) is 3.30. The molecule has 1 N–H and O–H groups in total. The molecule has 15 heteroatoms. The van der Waals surface area contributed by atoms with Gasteiger partial charge in [0.2, 0.25) is 10.0 Å². The number of nitrogens with zero attached hydrogens (tertiary/aromatic N) is 3. The van der Waals surface area contributed by atoms with Crippen LogP contribution in [0.25, 0.3) is 0 Å². The second-order valence-electron chi connectivity index (χ2n) is 13.2. The van der Waals surface area contributed by atoms with Gasteiger partial charge in [-0.15, -0.1) is 0 Å². The van der Waals surface area contributed by atoms with Crippen molar-refractivity contribution in [3.8, 4) is 17.6 Å². The van der Waals surface area contributed by atoms with E-state index in [-0.39, 0.29) is 35.7 Å². The molecule has 252 valence electrons. The quantitative estimate of drug-likeness (QED) is 0.457. The van der Waals surface area contributed by atoms with E-state index >= 15 is 4.39 Å². The number of hydrogen-bond donors (Lipinski definition) is 1. The van der Waals surface area contributed by atoms with Gasteiger partial charge in [0.15, 0.2) is 5.82 Å². The molecule has 4 fully saturated rings. The van der Waals surface area contributed by atoms with Crippen molar-refractivity contribution < 1.29 is 40.3 Å². The van der Waals surface area contributed by atoms with E-state index in [9.17, 15) is 26.4 Å². The van der Waals surface area contributed by atoms with Crippen LogP contribution in [0.2, 0.25) is 0 Å². The van der Waals surface area contributed by atoms with Crippen LogP contribution >= 0.6 is 0 Å². The summed E-state index contributed by atoms with van der Waals surface area (Å²) in [7, 11) is -7.90. The Hall–Kier alpha value is -3.87. The van der Waals surface area contributed by atoms with E-state index in [2.05, 4.69) is 11.8 Å². The summed E-state index contributed by atoms with van der Waals surface area (Å²) < 4.78 is 83.3. The molecule has 3 aliphatic heterocycles. The number of sulfonamides is 1. The molecule has 0 aromatic heterocycles. The van der Waals surface area contributed by atoms with Crippen molar-refractivity contribution in [3.05, 3.63) is 59.4 Å². The summed E-state index contributed by atoms with van der Waals surface area (Å²) in [6.07, 6.45) is 0.219. The number of hydrogen-bond acceptors (Lipinski definition) is 8. The standard InChI is InChI=1S/C32H37FN4O8S2/c1-32(2,3)45-31(39)35-15-13-23(14-16-35)46(40,41)36-17-25-24(26(25)18-36)11-9-22-10-12-27(44-20-21-7-5-4-6-8-21)30(29(22)33)37-19-28(38)34-47(37,42)43/h4-8,10,12,23-26H,13-20H2,1-3H3,(H,34,38)/t24?,25-,26+. The topological polar surface area (TPSA) is 143 Å². The third kappa shape index (κ3) is 6.90. The predicted molar refractivity (Wildman–Crippen MR) is 170 cm³/mol. The molecular weight excluding hydrogens is 652 g/mol. The van der Waals surface area contributed by atoms with Gasteiger partial charge in [-0.3, -0.25) is 4.79 Å². The van der Waals surface area contributed by atoms with E-state index < -0.39 is 61.1 Å². The summed E-state index contributed by atoms with van der Waals surface area (Å²) in [6, 6.07) is 11.9.